The Morgan fingerprint density at radius 3 is 3.00 bits per heavy atom. The molecule has 1 aliphatic rings. The monoisotopic (exact) mass is 261 g/mol. The molecule has 0 N–H and O–H groups in total. The Labute approximate surface area is 112 Å². The molecule has 0 aliphatic carbocycles. The van der Waals surface area contributed by atoms with Crippen molar-refractivity contribution < 1.29 is 0 Å². The fourth-order valence-electron chi connectivity index (χ4n) is 2.81. The maximum absolute atomic E-state index is 4.62. The van der Waals surface area contributed by atoms with E-state index in [1.54, 1.807) is 11.3 Å². The summed E-state index contributed by atoms with van der Waals surface area (Å²) in [6.45, 7) is 7.61. The molecule has 3 rings (SSSR count). The first kappa shape index (κ1) is 11.9. The molecule has 18 heavy (non-hydrogen) atoms. The van der Waals surface area contributed by atoms with E-state index in [0.29, 0.717) is 6.04 Å². The third-order valence-electron chi connectivity index (χ3n) is 3.62. The number of nitrogens with zero attached hydrogens (tertiary/aromatic N) is 3. The molecule has 3 heterocycles. The lowest BCUT2D eigenvalue weighted by Gasteiger charge is -2.16. The summed E-state index contributed by atoms with van der Waals surface area (Å²) in [4.78, 5) is 2.53. The van der Waals surface area contributed by atoms with Gasteiger partial charge >= 0.3 is 0 Å². The summed E-state index contributed by atoms with van der Waals surface area (Å²) < 4.78 is 2.21. The first-order valence-electron chi connectivity index (χ1n) is 6.48. The molecular weight excluding hydrogens is 242 g/mol. The van der Waals surface area contributed by atoms with Gasteiger partial charge in [0.2, 0.25) is 0 Å². The minimum atomic E-state index is 0.553. The number of hydrogen-bond donors (Lipinski definition) is 0. The van der Waals surface area contributed by atoms with Crippen LogP contribution in [0.4, 0.5) is 0 Å². The minimum Gasteiger partial charge on any atom is -0.297 e. The maximum atomic E-state index is 4.62. The highest BCUT2D eigenvalue weighted by Crippen LogP contribution is 2.24. The normalized spacial score (nSPS) is 20.7. The molecule has 2 aromatic rings. The highest BCUT2D eigenvalue weighted by Gasteiger charge is 2.25. The van der Waals surface area contributed by atoms with Gasteiger partial charge in [0.1, 0.15) is 0 Å². The van der Waals surface area contributed by atoms with E-state index in [1.165, 1.54) is 24.2 Å². The van der Waals surface area contributed by atoms with E-state index in [9.17, 15) is 0 Å². The van der Waals surface area contributed by atoms with Gasteiger partial charge in [-0.2, -0.15) is 16.4 Å². The van der Waals surface area contributed by atoms with Gasteiger partial charge in [-0.1, -0.05) is 0 Å². The lowest BCUT2D eigenvalue weighted by atomic mass is 10.2. The molecule has 0 saturated carbocycles. The second kappa shape index (κ2) is 4.86. The smallest absolute Gasteiger partial charge is 0.0661 e. The molecule has 0 bridgehead atoms. The minimum absolute atomic E-state index is 0.553. The fraction of sp³-hybridized carbons (Fsp3) is 0.500. The quantitative estimate of drug-likeness (QED) is 0.847. The van der Waals surface area contributed by atoms with Gasteiger partial charge in [0.05, 0.1) is 11.7 Å². The third-order valence-corrected chi connectivity index (χ3v) is 4.36. The van der Waals surface area contributed by atoms with Crippen molar-refractivity contribution in [2.75, 3.05) is 13.1 Å². The van der Waals surface area contributed by atoms with E-state index in [-0.39, 0.29) is 0 Å². The van der Waals surface area contributed by atoms with E-state index in [1.807, 2.05) is 0 Å². The number of hydrogen-bond acceptors (Lipinski definition) is 3. The van der Waals surface area contributed by atoms with Crippen LogP contribution in [-0.2, 0) is 6.54 Å². The van der Waals surface area contributed by atoms with Crippen LogP contribution >= 0.6 is 11.3 Å². The number of likely N-dealkylation sites (tertiary alicyclic amines) is 1. The molecule has 2 aromatic heterocycles. The van der Waals surface area contributed by atoms with Crippen LogP contribution in [0.2, 0.25) is 0 Å². The Kier molecular flexibility index (Phi) is 3.22. The summed E-state index contributed by atoms with van der Waals surface area (Å²) in [6.07, 6.45) is 1.21. The summed E-state index contributed by atoms with van der Waals surface area (Å²) in [5, 5.41) is 9.02. The van der Waals surface area contributed by atoms with Crippen LogP contribution in [0.1, 0.15) is 29.4 Å². The van der Waals surface area contributed by atoms with Gasteiger partial charge in [-0.05, 0) is 48.7 Å². The maximum Gasteiger partial charge on any atom is 0.0661 e. The molecule has 1 fully saturated rings. The molecule has 3 nitrogen and oxygen atoms in total. The van der Waals surface area contributed by atoms with Crippen LogP contribution in [0, 0.1) is 13.8 Å². The average Bonchev–Trinajstić information content (AvgIpc) is 3.01. The number of thiophene rings is 1. The van der Waals surface area contributed by atoms with Crippen LogP contribution in [-0.4, -0.2) is 27.8 Å². The summed E-state index contributed by atoms with van der Waals surface area (Å²) in [5.74, 6) is 0. The van der Waals surface area contributed by atoms with Crippen LogP contribution in [0.25, 0.3) is 0 Å². The Hall–Kier alpha value is -1.13. The fourth-order valence-corrected chi connectivity index (χ4v) is 3.47. The third kappa shape index (κ3) is 2.35. The first-order chi connectivity index (χ1) is 8.72. The van der Waals surface area contributed by atoms with Crippen molar-refractivity contribution in [3.8, 4) is 0 Å². The zero-order valence-corrected chi connectivity index (χ0v) is 11.8. The van der Waals surface area contributed by atoms with E-state index < -0.39 is 0 Å². The van der Waals surface area contributed by atoms with Gasteiger partial charge in [-0.3, -0.25) is 9.58 Å². The standard InChI is InChI=1S/C14H19N3S/c1-11-7-12(2)17(15-11)14-3-5-16(9-14)8-13-4-6-18-10-13/h4,6-7,10,14H,3,5,8-9H2,1-2H3/t14-/m1/s1. The van der Waals surface area contributed by atoms with Gasteiger partial charge in [0, 0.05) is 25.3 Å². The molecule has 0 amide bonds. The first-order valence-corrected chi connectivity index (χ1v) is 7.43. The van der Waals surface area contributed by atoms with Crippen LogP contribution in [0.3, 0.4) is 0 Å². The summed E-state index contributed by atoms with van der Waals surface area (Å²) in [6, 6.07) is 4.94. The van der Waals surface area contributed by atoms with E-state index in [2.05, 4.69) is 51.4 Å². The molecule has 1 aliphatic heterocycles. The van der Waals surface area contributed by atoms with Gasteiger partial charge in [-0.15, -0.1) is 0 Å². The predicted molar refractivity (Wildman–Crippen MR) is 75.0 cm³/mol. The van der Waals surface area contributed by atoms with Gasteiger partial charge in [-0.25, -0.2) is 0 Å². The lowest BCUT2D eigenvalue weighted by Crippen LogP contribution is -2.21. The van der Waals surface area contributed by atoms with Crippen molar-refractivity contribution >= 4 is 11.3 Å². The molecule has 1 atom stereocenters. The largest absolute Gasteiger partial charge is 0.297 e. The summed E-state index contributed by atoms with van der Waals surface area (Å²) in [7, 11) is 0. The number of rotatable bonds is 3. The van der Waals surface area contributed by atoms with Crippen molar-refractivity contribution in [2.24, 2.45) is 0 Å². The zero-order chi connectivity index (χ0) is 12.5. The summed E-state index contributed by atoms with van der Waals surface area (Å²) in [5.41, 5.74) is 3.85. The highest BCUT2D eigenvalue weighted by atomic mass is 32.1. The van der Waals surface area contributed by atoms with Crippen LogP contribution in [0.15, 0.2) is 22.9 Å². The SMILES string of the molecule is Cc1cc(C)n([C@@H]2CCN(Cc3ccsc3)C2)n1. The van der Waals surface area contributed by atoms with Crippen molar-refractivity contribution in [2.45, 2.75) is 32.9 Å². The Morgan fingerprint density at radius 2 is 2.33 bits per heavy atom. The molecule has 1 saturated heterocycles. The van der Waals surface area contributed by atoms with Crippen LogP contribution < -0.4 is 0 Å². The van der Waals surface area contributed by atoms with E-state index in [4.69, 9.17) is 0 Å². The van der Waals surface area contributed by atoms with Crippen molar-refractivity contribution in [3.05, 3.63) is 39.8 Å². The number of aryl methyl sites for hydroxylation is 2. The average molecular weight is 261 g/mol. The van der Waals surface area contributed by atoms with Gasteiger partial charge in [0.25, 0.3) is 0 Å². The molecule has 0 spiro atoms. The van der Waals surface area contributed by atoms with E-state index in [0.717, 1.165) is 18.8 Å². The highest BCUT2D eigenvalue weighted by molar-refractivity contribution is 7.07. The van der Waals surface area contributed by atoms with E-state index >= 15 is 0 Å². The van der Waals surface area contributed by atoms with Crippen molar-refractivity contribution in [3.63, 3.8) is 0 Å². The Balaban J connectivity index is 1.66. The Bertz CT molecular complexity index is 515. The Morgan fingerprint density at radius 1 is 1.44 bits per heavy atom. The lowest BCUT2D eigenvalue weighted by molar-refractivity contribution is 0.311. The van der Waals surface area contributed by atoms with Gasteiger partial charge in [0.15, 0.2) is 0 Å². The molecule has 4 heteroatoms. The number of aromatic nitrogens is 2. The van der Waals surface area contributed by atoms with Crippen LogP contribution in [0.5, 0.6) is 0 Å². The molecular formula is C14H19N3S. The predicted octanol–water partition coefficient (Wildman–Crippen LogP) is 3.01. The topological polar surface area (TPSA) is 21.1 Å². The second-order valence-electron chi connectivity index (χ2n) is 5.18. The summed E-state index contributed by atoms with van der Waals surface area (Å²) >= 11 is 1.78. The van der Waals surface area contributed by atoms with Crippen molar-refractivity contribution in [1.82, 2.24) is 14.7 Å². The molecule has 0 aromatic carbocycles. The molecule has 0 unspecified atom stereocenters. The van der Waals surface area contributed by atoms with Gasteiger partial charge < -0.3 is 0 Å². The zero-order valence-electron chi connectivity index (χ0n) is 11.0. The second-order valence-corrected chi connectivity index (χ2v) is 5.96. The van der Waals surface area contributed by atoms with Crippen molar-refractivity contribution in [1.29, 1.82) is 0 Å². The molecule has 96 valence electrons. The molecule has 0 radical (unpaired) electrons.